The maximum absolute atomic E-state index is 12.1. The molecule has 1 heterocycles. The Morgan fingerprint density at radius 1 is 1.44 bits per heavy atom. The molecular weight excluding hydrogens is 244 g/mol. The summed E-state index contributed by atoms with van der Waals surface area (Å²) in [5, 5.41) is 0. The minimum absolute atomic E-state index is 0.320. The van der Waals surface area contributed by atoms with Crippen LogP contribution < -0.4 is 5.73 Å². The molecule has 1 aliphatic heterocycles. The Balaban J connectivity index is 2.29. The summed E-state index contributed by atoms with van der Waals surface area (Å²) in [7, 11) is 1.97. The third kappa shape index (κ3) is 5.19. The first-order valence-electron chi connectivity index (χ1n) is 7.22. The zero-order valence-corrected chi connectivity index (χ0v) is 12.7. The Kier molecular flexibility index (Phi) is 7.75. The first kappa shape index (κ1) is 15.8. The lowest BCUT2D eigenvalue weighted by Gasteiger charge is -2.25. The molecule has 0 radical (unpaired) electrons. The second-order valence-corrected chi connectivity index (χ2v) is 6.44. The molecule has 0 saturated carbocycles. The molecule has 1 aliphatic rings. The summed E-state index contributed by atoms with van der Waals surface area (Å²) >= 11 is 1.96. The fourth-order valence-corrected chi connectivity index (χ4v) is 3.88. The lowest BCUT2D eigenvalue weighted by Crippen LogP contribution is -2.37. The highest BCUT2D eigenvalue weighted by Crippen LogP contribution is 2.23. The van der Waals surface area contributed by atoms with E-state index in [0.717, 1.165) is 31.6 Å². The zero-order chi connectivity index (χ0) is 13.4. The molecule has 106 valence electrons. The predicted molar refractivity (Wildman–Crippen MR) is 79.8 cm³/mol. The van der Waals surface area contributed by atoms with Crippen molar-refractivity contribution in [2.45, 2.75) is 51.5 Å². The lowest BCUT2D eigenvalue weighted by molar-refractivity contribution is -0.131. The molecule has 1 rings (SSSR count). The van der Waals surface area contributed by atoms with E-state index < -0.39 is 0 Å². The third-order valence-corrected chi connectivity index (χ3v) is 5.03. The molecule has 1 saturated heterocycles. The number of amides is 1. The summed E-state index contributed by atoms with van der Waals surface area (Å²) in [6, 6.07) is 0.474. The van der Waals surface area contributed by atoms with Gasteiger partial charge in [0.15, 0.2) is 0 Å². The smallest absolute Gasteiger partial charge is 0.222 e. The monoisotopic (exact) mass is 272 g/mol. The van der Waals surface area contributed by atoms with Gasteiger partial charge in [-0.1, -0.05) is 19.8 Å². The number of hydrogen-bond acceptors (Lipinski definition) is 3. The van der Waals surface area contributed by atoms with Gasteiger partial charge in [-0.3, -0.25) is 4.79 Å². The summed E-state index contributed by atoms with van der Waals surface area (Å²) in [6.07, 6.45) is 6.32. The van der Waals surface area contributed by atoms with Crippen LogP contribution in [0, 0.1) is 5.92 Å². The maximum Gasteiger partial charge on any atom is 0.222 e. The topological polar surface area (TPSA) is 46.3 Å². The van der Waals surface area contributed by atoms with Crippen molar-refractivity contribution in [3.05, 3.63) is 0 Å². The molecule has 0 bridgehead atoms. The van der Waals surface area contributed by atoms with Crippen molar-refractivity contribution in [1.82, 2.24) is 4.90 Å². The molecule has 2 unspecified atom stereocenters. The van der Waals surface area contributed by atoms with Gasteiger partial charge in [0.25, 0.3) is 0 Å². The first-order chi connectivity index (χ1) is 8.69. The van der Waals surface area contributed by atoms with E-state index >= 15 is 0 Å². The van der Waals surface area contributed by atoms with Gasteiger partial charge in [0, 0.05) is 25.3 Å². The number of nitrogens with zero attached hydrogens (tertiary/aromatic N) is 1. The van der Waals surface area contributed by atoms with Crippen LogP contribution in [0.2, 0.25) is 0 Å². The number of rotatable bonds is 8. The number of thioether (sulfide) groups is 1. The molecule has 1 amide bonds. The van der Waals surface area contributed by atoms with E-state index in [9.17, 15) is 4.79 Å². The fraction of sp³-hybridized carbons (Fsp3) is 0.929. The van der Waals surface area contributed by atoms with Crippen LogP contribution in [0.15, 0.2) is 0 Å². The summed E-state index contributed by atoms with van der Waals surface area (Å²) < 4.78 is 0. The highest BCUT2D eigenvalue weighted by molar-refractivity contribution is 7.99. The summed E-state index contributed by atoms with van der Waals surface area (Å²) in [4.78, 5) is 14.1. The van der Waals surface area contributed by atoms with Crippen LogP contribution in [0.25, 0.3) is 0 Å². The number of carbonyl (C=O) groups is 1. The van der Waals surface area contributed by atoms with Gasteiger partial charge in [0.05, 0.1) is 0 Å². The Morgan fingerprint density at radius 3 is 2.78 bits per heavy atom. The lowest BCUT2D eigenvalue weighted by atomic mass is 9.94. The molecule has 0 aromatic carbocycles. The summed E-state index contributed by atoms with van der Waals surface area (Å²) in [6.45, 7) is 2.95. The average molecular weight is 272 g/mol. The largest absolute Gasteiger partial charge is 0.342 e. The van der Waals surface area contributed by atoms with Gasteiger partial charge in [-0.2, -0.15) is 11.8 Å². The molecule has 18 heavy (non-hydrogen) atoms. The van der Waals surface area contributed by atoms with Gasteiger partial charge in [0.1, 0.15) is 0 Å². The zero-order valence-electron chi connectivity index (χ0n) is 11.9. The van der Waals surface area contributed by atoms with E-state index in [1.807, 2.05) is 23.7 Å². The summed E-state index contributed by atoms with van der Waals surface area (Å²) in [5.74, 6) is 3.27. The fourth-order valence-electron chi connectivity index (χ4n) is 2.61. The standard InChI is InChI=1S/C14H28N2OS/c1-3-4-12(7-9-15)5-6-14(17)16(2)13-8-10-18-11-13/h12-13H,3-11,15H2,1-2H3. The number of hydrogen-bond donors (Lipinski definition) is 1. The predicted octanol–water partition coefficient (Wildman–Crippen LogP) is 2.50. The number of nitrogens with two attached hydrogens (primary N) is 1. The normalized spacial score (nSPS) is 20.9. The highest BCUT2D eigenvalue weighted by atomic mass is 32.2. The first-order valence-corrected chi connectivity index (χ1v) is 8.38. The Labute approximate surface area is 116 Å². The average Bonchev–Trinajstić information content (AvgIpc) is 2.89. The molecule has 0 aliphatic carbocycles. The van der Waals surface area contributed by atoms with Crippen LogP contribution >= 0.6 is 11.8 Å². The van der Waals surface area contributed by atoms with E-state index in [0.29, 0.717) is 24.3 Å². The SMILES string of the molecule is CCCC(CCN)CCC(=O)N(C)C1CCSC1. The molecule has 2 N–H and O–H groups in total. The second kappa shape index (κ2) is 8.81. The van der Waals surface area contributed by atoms with Gasteiger partial charge in [0.2, 0.25) is 5.91 Å². The minimum Gasteiger partial charge on any atom is -0.342 e. The van der Waals surface area contributed by atoms with Crippen molar-refractivity contribution >= 4 is 17.7 Å². The second-order valence-electron chi connectivity index (χ2n) is 5.29. The molecular formula is C14H28N2OS. The molecule has 0 aromatic heterocycles. The van der Waals surface area contributed by atoms with Gasteiger partial charge in [-0.05, 0) is 37.5 Å². The van der Waals surface area contributed by atoms with E-state index in [1.165, 1.54) is 18.6 Å². The Hall–Kier alpha value is -0.220. The minimum atomic E-state index is 0.320. The van der Waals surface area contributed by atoms with Crippen LogP contribution in [-0.2, 0) is 4.79 Å². The molecule has 4 heteroatoms. The molecule has 0 aromatic rings. The van der Waals surface area contributed by atoms with E-state index in [-0.39, 0.29) is 0 Å². The Morgan fingerprint density at radius 2 is 2.22 bits per heavy atom. The van der Waals surface area contributed by atoms with Crippen molar-refractivity contribution in [2.75, 3.05) is 25.1 Å². The van der Waals surface area contributed by atoms with Gasteiger partial charge in [-0.15, -0.1) is 0 Å². The van der Waals surface area contributed by atoms with Crippen LogP contribution in [-0.4, -0.2) is 41.9 Å². The number of carbonyl (C=O) groups excluding carboxylic acids is 1. The maximum atomic E-state index is 12.1. The van der Waals surface area contributed by atoms with E-state index in [1.54, 1.807) is 0 Å². The van der Waals surface area contributed by atoms with Gasteiger partial charge >= 0.3 is 0 Å². The highest BCUT2D eigenvalue weighted by Gasteiger charge is 2.23. The van der Waals surface area contributed by atoms with E-state index in [2.05, 4.69) is 6.92 Å². The van der Waals surface area contributed by atoms with Crippen LogP contribution in [0.4, 0.5) is 0 Å². The van der Waals surface area contributed by atoms with Crippen molar-refractivity contribution in [3.8, 4) is 0 Å². The van der Waals surface area contributed by atoms with Crippen molar-refractivity contribution in [3.63, 3.8) is 0 Å². The van der Waals surface area contributed by atoms with Gasteiger partial charge in [-0.25, -0.2) is 0 Å². The Bertz CT molecular complexity index is 236. The van der Waals surface area contributed by atoms with Crippen molar-refractivity contribution < 1.29 is 4.79 Å². The van der Waals surface area contributed by atoms with E-state index in [4.69, 9.17) is 5.73 Å². The summed E-state index contributed by atoms with van der Waals surface area (Å²) in [5.41, 5.74) is 5.63. The van der Waals surface area contributed by atoms with Crippen LogP contribution in [0.3, 0.4) is 0 Å². The molecule has 2 atom stereocenters. The van der Waals surface area contributed by atoms with Crippen molar-refractivity contribution in [2.24, 2.45) is 11.7 Å². The van der Waals surface area contributed by atoms with Crippen LogP contribution in [0.5, 0.6) is 0 Å². The third-order valence-electron chi connectivity index (χ3n) is 3.89. The van der Waals surface area contributed by atoms with Crippen molar-refractivity contribution in [1.29, 1.82) is 0 Å². The molecule has 3 nitrogen and oxygen atoms in total. The molecule has 1 fully saturated rings. The molecule has 0 spiro atoms. The van der Waals surface area contributed by atoms with Gasteiger partial charge < -0.3 is 10.6 Å². The quantitative estimate of drug-likeness (QED) is 0.738. The van der Waals surface area contributed by atoms with Crippen LogP contribution in [0.1, 0.15) is 45.4 Å².